The second-order valence-corrected chi connectivity index (χ2v) is 5.70. The highest BCUT2D eigenvalue weighted by Crippen LogP contribution is 2.28. The first kappa shape index (κ1) is 13.4. The average molecular weight is 293 g/mol. The number of hydrogen-bond donors (Lipinski definition) is 0. The van der Waals surface area contributed by atoms with E-state index in [1.807, 2.05) is 24.3 Å². The highest BCUT2D eigenvalue weighted by atomic mass is 35.5. The number of alkyl halides is 1. The molecule has 0 radical (unpaired) electrons. The summed E-state index contributed by atoms with van der Waals surface area (Å²) in [6.07, 6.45) is 2.07. The molecule has 2 fully saturated rings. The number of hydrogen-bond acceptors (Lipinski definition) is 2. The van der Waals surface area contributed by atoms with Crippen LogP contribution < -0.4 is 9.80 Å². The zero-order valence-electron chi connectivity index (χ0n) is 11.2. The quantitative estimate of drug-likeness (QED) is 0.803. The molecule has 5 heteroatoms. The van der Waals surface area contributed by atoms with Crippen LogP contribution in [0.1, 0.15) is 19.3 Å². The second kappa shape index (κ2) is 5.44. The van der Waals surface area contributed by atoms with E-state index in [0.717, 1.165) is 24.3 Å². The van der Waals surface area contributed by atoms with Crippen molar-refractivity contribution in [3.05, 3.63) is 24.3 Å². The zero-order chi connectivity index (χ0) is 14.1. The molecule has 2 aliphatic heterocycles. The van der Waals surface area contributed by atoms with Crippen LogP contribution in [0, 0.1) is 5.92 Å². The third-order valence-electron chi connectivity index (χ3n) is 3.97. The molecule has 106 valence electrons. The molecule has 2 aliphatic rings. The zero-order valence-corrected chi connectivity index (χ0v) is 12.0. The van der Waals surface area contributed by atoms with E-state index >= 15 is 0 Å². The Morgan fingerprint density at radius 3 is 2.20 bits per heavy atom. The van der Waals surface area contributed by atoms with Gasteiger partial charge in [0.2, 0.25) is 11.8 Å². The molecule has 1 unspecified atom stereocenters. The van der Waals surface area contributed by atoms with Gasteiger partial charge in [0.05, 0.1) is 0 Å². The van der Waals surface area contributed by atoms with E-state index < -0.39 is 0 Å². The van der Waals surface area contributed by atoms with Crippen molar-refractivity contribution in [2.45, 2.75) is 19.3 Å². The van der Waals surface area contributed by atoms with Crippen LogP contribution >= 0.6 is 11.6 Å². The van der Waals surface area contributed by atoms with Crippen LogP contribution in [0.3, 0.4) is 0 Å². The van der Waals surface area contributed by atoms with Crippen molar-refractivity contribution in [3.63, 3.8) is 0 Å². The van der Waals surface area contributed by atoms with E-state index in [-0.39, 0.29) is 17.7 Å². The van der Waals surface area contributed by atoms with Crippen molar-refractivity contribution in [1.29, 1.82) is 0 Å². The van der Waals surface area contributed by atoms with E-state index in [2.05, 4.69) is 0 Å². The molecule has 2 saturated heterocycles. The van der Waals surface area contributed by atoms with Crippen LogP contribution in [0.25, 0.3) is 0 Å². The Balaban J connectivity index is 1.76. The second-order valence-electron chi connectivity index (χ2n) is 5.39. The summed E-state index contributed by atoms with van der Waals surface area (Å²) in [5.41, 5.74) is 1.80. The van der Waals surface area contributed by atoms with Crippen molar-refractivity contribution in [2.75, 3.05) is 28.8 Å². The molecule has 0 aliphatic carbocycles. The maximum absolute atomic E-state index is 11.9. The minimum Gasteiger partial charge on any atom is -0.312 e. The number of benzene rings is 1. The summed E-state index contributed by atoms with van der Waals surface area (Å²) in [4.78, 5) is 27.2. The van der Waals surface area contributed by atoms with E-state index in [4.69, 9.17) is 11.6 Å². The summed E-state index contributed by atoms with van der Waals surface area (Å²) in [6.45, 7) is 1.47. The summed E-state index contributed by atoms with van der Waals surface area (Å²) >= 11 is 5.83. The Morgan fingerprint density at radius 2 is 1.70 bits per heavy atom. The Morgan fingerprint density at radius 1 is 1.05 bits per heavy atom. The minimum atomic E-state index is 0.126. The van der Waals surface area contributed by atoms with E-state index in [0.29, 0.717) is 25.3 Å². The van der Waals surface area contributed by atoms with Gasteiger partial charge in [-0.2, -0.15) is 0 Å². The van der Waals surface area contributed by atoms with Gasteiger partial charge in [0.1, 0.15) is 0 Å². The predicted molar refractivity (Wildman–Crippen MR) is 79.2 cm³/mol. The van der Waals surface area contributed by atoms with Gasteiger partial charge in [0.15, 0.2) is 0 Å². The standard InChI is InChI=1S/C15H17ClN2O2/c16-9-11-8-15(20)18(10-11)13-5-3-12(4-6-13)17-7-1-2-14(17)19/h3-6,11H,1-2,7-10H2. The van der Waals surface area contributed by atoms with Crippen LogP contribution in [0.4, 0.5) is 11.4 Å². The van der Waals surface area contributed by atoms with Crippen molar-refractivity contribution < 1.29 is 9.59 Å². The van der Waals surface area contributed by atoms with Crippen molar-refractivity contribution in [1.82, 2.24) is 0 Å². The van der Waals surface area contributed by atoms with Crippen molar-refractivity contribution in [3.8, 4) is 0 Å². The largest absolute Gasteiger partial charge is 0.312 e. The predicted octanol–water partition coefficient (Wildman–Crippen LogP) is 2.41. The molecule has 2 heterocycles. The van der Waals surface area contributed by atoms with Gasteiger partial charge in [-0.3, -0.25) is 9.59 Å². The van der Waals surface area contributed by atoms with Crippen LogP contribution in [0.5, 0.6) is 0 Å². The molecule has 20 heavy (non-hydrogen) atoms. The molecule has 1 aromatic carbocycles. The van der Waals surface area contributed by atoms with E-state index in [1.165, 1.54) is 0 Å². The molecule has 0 bridgehead atoms. The van der Waals surface area contributed by atoms with Gasteiger partial charge in [-0.1, -0.05) is 0 Å². The summed E-state index contributed by atoms with van der Waals surface area (Å²) < 4.78 is 0. The molecule has 0 N–H and O–H groups in total. The molecule has 0 saturated carbocycles. The molecule has 0 spiro atoms. The van der Waals surface area contributed by atoms with E-state index in [9.17, 15) is 9.59 Å². The molecule has 1 atom stereocenters. The van der Waals surface area contributed by atoms with Crippen LogP contribution in [-0.4, -0.2) is 30.8 Å². The highest BCUT2D eigenvalue weighted by Gasteiger charge is 2.30. The fourth-order valence-electron chi connectivity index (χ4n) is 2.87. The van der Waals surface area contributed by atoms with Gasteiger partial charge in [-0.05, 0) is 36.6 Å². The number of anilines is 2. The van der Waals surface area contributed by atoms with Gasteiger partial charge in [0.25, 0.3) is 0 Å². The average Bonchev–Trinajstić information content (AvgIpc) is 3.05. The molecule has 3 rings (SSSR count). The van der Waals surface area contributed by atoms with Gasteiger partial charge < -0.3 is 9.80 Å². The maximum atomic E-state index is 11.9. The Kier molecular flexibility index (Phi) is 3.66. The molecule has 1 aromatic rings. The lowest BCUT2D eigenvalue weighted by Crippen LogP contribution is -2.25. The summed E-state index contributed by atoms with van der Waals surface area (Å²) in [6, 6.07) is 7.66. The van der Waals surface area contributed by atoms with E-state index in [1.54, 1.807) is 9.80 Å². The fraction of sp³-hybridized carbons (Fsp3) is 0.467. The summed E-state index contributed by atoms with van der Waals surface area (Å²) in [5.74, 6) is 1.06. The Labute approximate surface area is 123 Å². The lowest BCUT2D eigenvalue weighted by molar-refractivity contribution is -0.118. The molecule has 0 aromatic heterocycles. The normalized spacial score (nSPS) is 22.9. The first-order valence-corrected chi connectivity index (χ1v) is 7.49. The lowest BCUT2D eigenvalue weighted by atomic mass is 10.1. The molecule has 2 amide bonds. The first-order valence-electron chi connectivity index (χ1n) is 6.96. The molecular weight excluding hydrogens is 276 g/mol. The van der Waals surface area contributed by atoms with Gasteiger partial charge in [-0.25, -0.2) is 0 Å². The van der Waals surface area contributed by atoms with Crippen molar-refractivity contribution in [2.24, 2.45) is 5.92 Å². The molecular formula is C15H17ClN2O2. The van der Waals surface area contributed by atoms with Gasteiger partial charge in [-0.15, -0.1) is 11.6 Å². The maximum Gasteiger partial charge on any atom is 0.227 e. The fourth-order valence-corrected chi connectivity index (χ4v) is 3.07. The topological polar surface area (TPSA) is 40.6 Å². The van der Waals surface area contributed by atoms with Crippen LogP contribution in [-0.2, 0) is 9.59 Å². The SMILES string of the molecule is O=C1CCCN1c1ccc(N2CC(CCl)CC2=O)cc1. The van der Waals surface area contributed by atoms with Crippen molar-refractivity contribution >= 4 is 34.8 Å². The monoisotopic (exact) mass is 292 g/mol. The Hall–Kier alpha value is -1.55. The number of carbonyl (C=O) groups is 2. The minimum absolute atomic E-state index is 0.126. The Bertz CT molecular complexity index is 529. The number of carbonyl (C=O) groups excluding carboxylic acids is 2. The number of nitrogens with zero attached hydrogens (tertiary/aromatic N) is 2. The number of rotatable bonds is 3. The lowest BCUT2D eigenvalue weighted by Gasteiger charge is -2.19. The van der Waals surface area contributed by atoms with Crippen LogP contribution in [0.15, 0.2) is 24.3 Å². The number of halogens is 1. The van der Waals surface area contributed by atoms with Gasteiger partial charge >= 0.3 is 0 Å². The molecule has 4 nitrogen and oxygen atoms in total. The number of amides is 2. The van der Waals surface area contributed by atoms with Gasteiger partial charge in [0, 0.05) is 43.2 Å². The summed E-state index contributed by atoms with van der Waals surface area (Å²) in [7, 11) is 0. The third-order valence-corrected chi connectivity index (χ3v) is 4.41. The van der Waals surface area contributed by atoms with Crippen LogP contribution in [0.2, 0.25) is 0 Å². The first-order chi connectivity index (χ1) is 9.69. The smallest absolute Gasteiger partial charge is 0.227 e. The third kappa shape index (κ3) is 2.40. The highest BCUT2D eigenvalue weighted by molar-refractivity contribution is 6.18. The summed E-state index contributed by atoms with van der Waals surface area (Å²) in [5, 5.41) is 0.